The van der Waals surface area contributed by atoms with Crippen molar-refractivity contribution in [1.29, 1.82) is 0 Å². The summed E-state index contributed by atoms with van der Waals surface area (Å²) in [5, 5.41) is 8.36. The average Bonchev–Trinajstić information content (AvgIpc) is 3.21. The van der Waals surface area contributed by atoms with Gasteiger partial charge in [0.1, 0.15) is 6.04 Å². The maximum Gasteiger partial charge on any atom is 0.264 e. The lowest BCUT2D eigenvalue weighted by Gasteiger charge is -2.24. The Bertz CT molecular complexity index is 1430. The number of aromatic nitrogens is 3. The summed E-state index contributed by atoms with van der Waals surface area (Å²) >= 11 is 6.08. The Labute approximate surface area is 196 Å². The molecule has 0 fully saturated rings. The first-order valence-corrected chi connectivity index (χ1v) is 12.1. The average molecular weight is 478 g/mol. The van der Waals surface area contributed by atoms with Crippen LogP contribution in [0.3, 0.4) is 0 Å². The zero-order valence-corrected chi connectivity index (χ0v) is 19.2. The molecule has 1 atom stereocenters. The van der Waals surface area contributed by atoms with E-state index in [4.69, 9.17) is 11.6 Å². The third-order valence-electron chi connectivity index (χ3n) is 5.32. The van der Waals surface area contributed by atoms with Gasteiger partial charge >= 0.3 is 0 Å². The van der Waals surface area contributed by atoms with Gasteiger partial charge in [-0.1, -0.05) is 71.8 Å². The Balaban J connectivity index is 1.53. The molecule has 4 aromatic rings. The van der Waals surface area contributed by atoms with Gasteiger partial charge in [-0.2, -0.15) is 4.98 Å². The van der Waals surface area contributed by atoms with E-state index in [9.17, 15) is 8.42 Å². The number of hydrogen-bond donors (Lipinski definition) is 2. The molecule has 2 N–H and O–H groups in total. The molecule has 0 spiro atoms. The van der Waals surface area contributed by atoms with Gasteiger partial charge in [0.05, 0.1) is 4.90 Å². The molecule has 0 amide bonds. The van der Waals surface area contributed by atoms with Gasteiger partial charge in [-0.05, 0) is 48.4 Å². The van der Waals surface area contributed by atoms with E-state index in [2.05, 4.69) is 20.1 Å². The van der Waals surface area contributed by atoms with Gasteiger partial charge in [0.2, 0.25) is 5.95 Å². The first-order valence-electron chi connectivity index (χ1n) is 10.2. The predicted octanol–water partition coefficient (Wildman–Crippen LogP) is 5.10. The minimum Gasteiger partial charge on any atom is -0.324 e. The number of rotatable bonds is 5. The van der Waals surface area contributed by atoms with Crippen LogP contribution in [-0.4, -0.2) is 23.2 Å². The van der Waals surface area contributed by atoms with E-state index in [1.54, 1.807) is 28.9 Å². The minimum absolute atomic E-state index is 0.0141. The molecule has 3 aromatic carbocycles. The summed E-state index contributed by atoms with van der Waals surface area (Å²) in [6.45, 7) is 1.90. The second-order valence-corrected chi connectivity index (χ2v) is 9.81. The Morgan fingerprint density at radius 3 is 2.36 bits per heavy atom. The standard InChI is InChI=1S/C24H20ClN5O2S/c1-16-7-13-20(14-8-16)33(31,32)29-23-27-24-26-21(17-5-3-2-4-6-17)15-22(30(24)28-23)18-9-11-19(25)12-10-18/h2-15,22H,1H3,(H2,26,27,28,29)/t22-/m0/s1. The van der Waals surface area contributed by atoms with E-state index >= 15 is 0 Å². The number of nitrogens with one attached hydrogen (secondary N) is 2. The Hall–Kier alpha value is -3.62. The SMILES string of the molecule is Cc1ccc(S(=O)(=O)Nc2nc3n(n2)[C@H](c2ccc(Cl)cc2)C=C(c2ccccc2)N3)cc1. The molecule has 0 unspecified atom stereocenters. The molecule has 33 heavy (non-hydrogen) atoms. The monoisotopic (exact) mass is 477 g/mol. The largest absolute Gasteiger partial charge is 0.324 e. The molecule has 0 radical (unpaired) electrons. The van der Waals surface area contributed by atoms with Crippen molar-refractivity contribution in [2.45, 2.75) is 17.9 Å². The second-order valence-electron chi connectivity index (χ2n) is 7.69. The first-order chi connectivity index (χ1) is 15.9. The van der Waals surface area contributed by atoms with Crippen molar-refractivity contribution in [2.24, 2.45) is 0 Å². The van der Waals surface area contributed by atoms with Gasteiger partial charge in [-0.3, -0.25) is 0 Å². The summed E-state index contributed by atoms with van der Waals surface area (Å²) in [6.07, 6.45) is 2.03. The molecular weight excluding hydrogens is 458 g/mol. The second kappa shape index (κ2) is 8.38. The minimum atomic E-state index is -3.83. The quantitative estimate of drug-likeness (QED) is 0.417. The molecule has 1 aliphatic rings. The lowest BCUT2D eigenvalue weighted by atomic mass is 10.0. The van der Waals surface area contributed by atoms with Crippen LogP contribution in [0.4, 0.5) is 11.9 Å². The Morgan fingerprint density at radius 2 is 1.67 bits per heavy atom. The highest BCUT2D eigenvalue weighted by Crippen LogP contribution is 2.33. The number of fused-ring (bicyclic) bond motifs is 1. The number of halogens is 1. The van der Waals surface area contributed by atoms with Gasteiger partial charge < -0.3 is 5.32 Å². The van der Waals surface area contributed by atoms with Gasteiger partial charge in [0.15, 0.2) is 0 Å². The van der Waals surface area contributed by atoms with Crippen molar-refractivity contribution in [1.82, 2.24) is 14.8 Å². The summed E-state index contributed by atoms with van der Waals surface area (Å²) < 4.78 is 29.9. The number of benzene rings is 3. The van der Waals surface area contributed by atoms with Crippen LogP contribution >= 0.6 is 11.6 Å². The Kier molecular flexibility index (Phi) is 5.39. The molecule has 0 saturated carbocycles. The highest BCUT2D eigenvalue weighted by molar-refractivity contribution is 7.92. The zero-order valence-electron chi connectivity index (χ0n) is 17.6. The maximum atomic E-state index is 12.9. The lowest BCUT2D eigenvalue weighted by Crippen LogP contribution is -2.20. The van der Waals surface area contributed by atoms with Crippen molar-refractivity contribution in [3.8, 4) is 0 Å². The molecule has 0 aliphatic carbocycles. The van der Waals surface area contributed by atoms with E-state index in [0.717, 1.165) is 22.4 Å². The molecule has 1 aromatic heterocycles. The summed E-state index contributed by atoms with van der Waals surface area (Å²) in [5.41, 5.74) is 3.74. The van der Waals surface area contributed by atoms with Gasteiger partial charge in [0, 0.05) is 10.7 Å². The summed E-state index contributed by atoms with van der Waals surface area (Å²) in [6, 6.07) is 23.6. The van der Waals surface area contributed by atoms with Crippen LogP contribution in [-0.2, 0) is 10.0 Å². The number of anilines is 2. The van der Waals surface area contributed by atoms with Crippen molar-refractivity contribution in [3.05, 3.63) is 107 Å². The van der Waals surface area contributed by atoms with Crippen molar-refractivity contribution < 1.29 is 8.42 Å². The van der Waals surface area contributed by atoms with E-state index in [1.165, 1.54) is 0 Å². The molecule has 0 saturated heterocycles. The van der Waals surface area contributed by atoms with E-state index < -0.39 is 10.0 Å². The van der Waals surface area contributed by atoms with E-state index in [1.807, 2.05) is 67.6 Å². The van der Waals surface area contributed by atoms with Gasteiger partial charge in [0.25, 0.3) is 16.0 Å². The van der Waals surface area contributed by atoms with Crippen LogP contribution in [0.25, 0.3) is 5.70 Å². The number of allylic oxidation sites excluding steroid dienone is 1. The first kappa shape index (κ1) is 21.2. The third kappa shape index (κ3) is 4.35. The zero-order chi connectivity index (χ0) is 23.0. The van der Waals surface area contributed by atoms with Gasteiger partial charge in [-0.15, -0.1) is 5.10 Å². The van der Waals surface area contributed by atoms with Crippen molar-refractivity contribution in [2.75, 3.05) is 10.0 Å². The Morgan fingerprint density at radius 1 is 0.970 bits per heavy atom. The molecule has 5 rings (SSSR count). The molecule has 166 valence electrons. The number of aryl methyl sites for hydroxylation is 1. The van der Waals surface area contributed by atoms with Crippen molar-refractivity contribution >= 4 is 39.2 Å². The van der Waals surface area contributed by atoms with Crippen LogP contribution < -0.4 is 10.0 Å². The van der Waals surface area contributed by atoms with Crippen LogP contribution in [0, 0.1) is 6.92 Å². The number of hydrogen-bond acceptors (Lipinski definition) is 5. The fourth-order valence-corrected chi connectivity index (χ4v) is 4.68. The fourth-order valence-electron chi connectivity index (χ4n) is 3.62. The maximum absolute atomic E-state index is 12.9. The summed E-state index contributed by atoms with van der Waals surface area (Å²) in [4.78, 5) is 4.58. The number of nitrogens with zero attached hydrogens (tertiary/aromatic N) is 3. The van der Waals surface area contributed by atoms with Crippen LogP contribution in [0.2, 0.25) is 5.02 Å². The van der Waals surface area contributed by atoms with Crippen LogP contribution in [0.15, 0.2) is 89.8 Å². The molecule has 7 nitrogen and oxygen atoms in total. The smallest absolute Gasteiger partial charge is 0.264 e. The van der Waals surface area contributed by atoms with E-state index in [-0.39, 0.29) is 16.9 Å². The number of sulfonamides is 1. The molecular formula is C24H20ClN5O2S. The van der Waals surface area contributed by atoms with E-state index in [0.29, 0.717) is 11.0 Å². The van der Waals surface area contributed by atoms with Crippen LogP contribution in [0.1, 0.15) is 22.7 Å². The highest BCUT2D eigenvalue weighted by atomic mass is 35.5. The predicted molar refractivity (Wildman–Crippen MR) is 130 cm³/mol. The normalized spacial score (nSPS) is 15.3. The lowest BCUT2D eigenvalue weighted by molar-refractivity contribution is 0.598. The highest BCUT2D eigenvalue weighted by Gasteiger charge is 2.27. The van der Waals surface area contributed by atoms with Gasteiger partial charge in [-0.25, -0.2) is 17.8 Å². The third-order valence-corrected chi connectivity index (χ3v) is 6.92. The topological polar surface area (TPSA) is 88.9 Å². The van der Waals surface area contributed by atoms with Crippen molar-refractivity contribution in [3.63, 3.8) is 0 Å². The molecule has 0 bridgehead atoms. The summed E-state index contributed by atoms with van der Waals surface area (Å²) in [7, 11) is -3.83. The molecule has 2 heterocycles. The molecule has 9 heteroatoms. The fraction of sp³-hybridized carbons (Fsp3) is 0.0833. The van der Waals surface area contributed by atoms with Crippen LogP contribution in [0.5, 0.6) is 0 Å². The summed E-state index contributed by atoms with van der Waals surface area (Å²) in [5.74, 6) is 0.414. The molecule has 1 aliphatic heterocycles.